The van der Waals surface area contributed by atoms with Gasteiger partial charge in [-0.1, -0.05) is 51.4 Å². The molecular weight excluding hydrogens is 202 g/mol. The lowest BCUT2D eigenvalue weighted by molar-refractivity contribution is -0.142. The minimum absolute atomic E-state index is 0.142. The molecule has 0 radical (unpaired) electrons. The molecule has 3 nitrogen and oxygen atoms in total. The summed E-state index contributed by atoms with van der Waals surface area (Å²) in [6.45, 7) is 0. The fourth-order valence-corrected chi connectivity index (χ4v) is 2.53. The Morgan fingerprint density at radius 2 is 1.31 bits per heavy atom. The van der Waals surface area contributed by atoms with Crippen molar-refractivity contribution in [2.24, 2.45) is 11.7 Å². The van der Waals surface area contributed by atoms with E-state index in [9.17, 15) is 4.79 Å². The van der Waals surface area contributed by atoms with E-state index in [0.29, 0.717) is 0 Å². The molecular formula is C13H25NO2. The molecule has 0 aliphatic heterocycles. The van der Waals surface area contributed by atoms with Gasteiger partial charge in [0.2, 0.25) is 0 Å². The number of carboxylic acid groups (broad SMARTS) is 1. The highest BCUT2D eigenvalue weighted by Gasteiger charge is 2.24. The Morgan fingerprint density at radius 1 is 0.875 bits per heavy atom. The van der Waals surface area contributed by atoms with Gasteiger partial charge in [-0.15, -0.1) is 0 Å². The van der Waals surface area contributed by atoms with Crippen LogP contribution in [0.4, 0.5) is 0 Å². The lowest BCUT2D eigenvalue weighted by Crippen LogP contribution is -2.35. The number of carbonyl (C=O) groups is 1. The van der Waals surface area contributed by atoms with Crippen LogP contribution in [0, 0.1) is 5.92 Å². The van der Waals surface area contributed by atoms with Gasteiger partial charge in [0.1, 0.15) is 0 Å². The predicted molar refractivity (Wildman–Crippen MR) is 65.3 cm³/mol. The average molecular weight is 227 g/mol. The van der Waals surface area contributed by atoms with Gasteiger partial charge in [-0.3, -0.25) is 4.79 Å². The van der Waals surface area contributed by atoms with Crippen molar-refractivity contribution in [2.45, 2.75) is 70.3 Å². The van der Waals surface area contributed by atoms with Crippen molar-refractivity contribution in [1.82, 2.24) is 0 Å². The zero-order chi connectivity index (χ0) is 11.8. The highest BCUT2D eigenvalue weighted by molar-refractivity contribution is 5.70. The quantitative estimate of drug-likeness (QED) is 0.724. The van der Waals surface area contributed by atoms with E-state index in [2.05, 4.69) is 0 Å². The predicted octanol–water partition coefficient (Wildman–Crippen LogP) is 2.93. The molecule has 0 spiro atoms. The summed E-state index contributed by atoms with van der Waals surface area (Å²) in [5, 5.41) is 9.13. The third-order valence-electron chi connectivity index (χ3n) is 3.64. The van der Waals surface area contributed by atoms with Gasteiger partial charge in [0, 0.05) is 6.04 Å². The molecule has 0 saturated heterocycles. The summed E-state index contributed by atoms with van der Waals surface area (Å²) in [5.74, 6) is -1.02. The fraction of sp³-hybridized carbons (Fsp3) is 0.923. The maximum Gasteiger partial charge on any atom is 0.308 e. The minimum atomic E-state index is -0.704. The van der Waals surface area contributed by atoms with Crippen molar-refractivity contribution in [3.05, 3.63) is 0 Å². The number of rotatable bonds is 1. The monoisotopic (exact) mass is 227 g/mol. The van der Waals surface area contributed by atoms with Gasteiger partial charge in [-0.25, -0.2) is 0 Å². The first-order chi connectivity index (χ1) is 7.72. The maximum absolute atomic E-state index is 11.1. The molecule has 2 unspecified atom stereocenters. The van der Waals surface area contributed by atoms with Crippen LogP contribution in [0.2, 0.25) is 0 Å². The molecule has 0 aromatic rings. The van der Waals surface area contributed by atoms with E-state index in [1.165, 1.54) is 32.1 Å². The fourth-order valence-electron chi connectivity index (χ4n) is 2.53. The van der Waals surface area contributed by atoms with Crippen molar-refractivity contribution in [3.8, 4) is 0 Å². The second-order valence-corrected chi connectivity index (χ2v) is 5.01. The largest absolute Gasteiger partial charge is 0.481 e. The molecule has 94 valence electrons. The van der Waals surface area contributed by atoms with Crippen molar-refractivity contribution in [1.29, 1.82) is 0 Å². The molecule has 0 aromatic carbocycles. The second-order valence-electron chi connectivity index (χ2n) is 5.01. The van der Waals surface area contributed by atoms with Gasteiger partial charge < -0.3 is 10.8 Å². The number of nitrogens with two attached hydrogens (primary N) is 1. The molecule has 1 saturated carbocycles. The van der Waals surface area contributed by atoms with Crippen LogP contribution in [0.5, 0.6) is 0 Å². The zero-order valence-corrected chi connectivity index (χ0v) is 10.2. The number of aliphatic carboxylic acids is 1. The van der Waals surface area contributed by atoms with Crippen molar-refractivity contribution >= 4 is 5.97 Å². The van der Waals surface area contributed by atoms with E-state index in [-0.39, 0.29) is 12.0 Å². The van der Waals surface area contributed by atoms with Gasteiger partial charge >= 0.3 is 5.97 Å². The molecule has 1 rings (SSSR count). The SMILES string of the molecule is NC1CCCCCCCCCCC1C(=O)O. The first kappa shape index (κ1) is 13.5. The van der Waals surface area contributed by atoms with E-state index >= 15 is 0 Å². The standard InChI is InChI=1S/C13H25NO2/c14-12-10-8-6-4-2-1-3-5-7-9-11(12)13(15)16/h11-12H,1-10,14H2,(H,15,16). The third kappa shape index (κ3) is 4.97. The van der Waals surface area contributed by atoms with E-state index in [1.807, 2.05) is 0 Å². The molecule has 1 aliphatic carbocycles. The van der Waals surface area contributed by atoms with Gasteiger partial charge in [-0.05, 0) is 12.8 Å². The van der Waals surface area contributed by atoms with Crippen molar-refractivity contribution < 1.29 is 9.90 Å². The third-order valence-corrected chi connectivity index (χ3v) is 3.64. The van der Waals surface area contributed by atoms with Gasteiger partial charge in [0.25, 0.3) is 0 Å². The lowest BCUT2D eigenvalue weighted by Gasteiger charge is -2.20. The molecule has 0 heterocycles. The normalized spacial score (nSPS) is 30.1. The highest BCUT2D eigenvalue weighted by Crippen LogP contribution is 2.20. The van der Waals surface area contributed by atoms with E-state index in [4.69, 9.17) is 10.8 Å². The first-order valence-corrected chi connectivity index (χ1v) is 6.70. The summed E-state index contributed by atoms with van der Waals surface area (Å²) in [6.07, 6.45) is 11.3. The molecule has 16 heavy (non-hydrogen) atoms. The summed E-state index contributed by atoms with van der Waals surface area (Å²) in [5.41, 5.74) is 5.98. The Hall–Kier alpha value is -0.570. The smallest absolute Gasteiger partial charge is 0.308 e. The van der Waals surface area contributed by atoms with Crippen molar-refractivity contribution in [3.63, 3.8) is 0 Å². The summed E-state index contributed by atoms with van der Waals surface area (Å²) < 4.78 is 0. The number of hydrogen-bond acceptors (Lipinski definition) is 2. The van der Waals surface area contributed by atoms with Crippen LogP contribution in [0.3, 0.4) is 0 Å². The highest BCUT2D eigenvalue weighted by atomic mass is 16.4. The van der Waals surface area contributed by atoms with Gasteiger partial charge in [0.15, 0.2) is 0 Å². The first-order valence-electron chi connectivity index (χ1n) is 6.70. The topological polar surface area (TPSA) is 63.3 Å². The van der Waals surface area contributed by atoms with Crippen LogP contribution in [0.1, 0.15) is 64.2 Å². The van der Waals surface area contributed by atoms with Crippen LogP contribution < -0.4 is 5.73 Å². The second kappa shape index (κ2) is 7.66. The Kier molecular flexibility index (Phi) is 6.46. The molecule has 0 bridgehead atoms. The van der Waals surface area contributed by atoms with E-state index < -0.39 is 5.97 Å². The van der Waals surface area contributed by atoms with Crippen LogP contribution in [-0.2, 0) is 4.79 Å². The number of hydrogen-bond donors (Lipinski definition) is 2. The summed E-state index contributed by atoms with van der Waals surface area (Å²) in [6, 6.07) is -0.142. The van der Waals surface area contributed by atoms with E-state index in [1.54, 1.807) is 0 Å². The zero-order valence-electron chi connectivity index (χ0n) is 10.2. The van der Waals surface area contributed by atoms with Gasteiger partial charge in [0.05, 0.1) is 5.92 Å². The lowest BCUT2D eigenvalue weighted by atomic mass is 9.89. The number of carboxylic acids is 1. The molecule has 0 aromatic heterocycles. The van der Waals surface area contributed by atoms with Crippen LogP contribution >= 0.6 is 0 Å². The average Bonchev–Trinajstić information content (AvgIpc) is 2.22. The van der Waals surface area contributed by atoms with Crippen LogP contribution in [-0.4, -0.2) is 17.1 Å². The molecule has 2 atom stereocenters. The van der Waals surface area contributed by atoms with Crippen molar-refractivity contribution in [2.75, 3.05) is 0 Å². The molecule has 3 N–H and O–H groups in total. The molecule has 1 fully saturated rings. The Morgan fingerprint density at radius 3 is 1.81 bits per heavy atom. The maximum atomic E-state index is 11.1. The van der Waals surface area contributed by atoms with E-state index in [0.717, 1.165) is 32.1 Å². The molecule has 1 aliphatic rings. The summed E-state index contributed by atoms with van der Waals surface area (Å²) in [7, 11) is 0. The van der Waals surface area contributed by atoms with Gasteiger partial charge in [-0.2, -0.15) is 0 Å². The Bertz CT molecular complexity index is 206. The Labute approximate surface area is 98.4 Å². The van der Waals surface area contributed by atoms with Crippen LogP contribution in [0.15, 0.2) is 0 Å². The molecule has 0 amide bonds. The Balaban J connectivity index is 2.43. The molecule has 3 heteroatoms. The summed E-state index contributed by atoms with van der Waals surface area (Å²) in [4.78, 5) is 11.1. The van der Waals surface area contributed by atoms with Crippen LogP contribution in [0.25, 0.3) is 0 Å². The summed E-state index contributed by atoms with van der Waals surface area (Å²) >= 11 is 0. The minimum Gasteiger partial charge on any atom is -0.481 e.